The first-order valence-electron chi connectivity index (χ1n) is 8.78. The second-order valence-electron chi connectivity index (χ2n) is 5.94. The highest BCUT2D eigenvalue weighted by Crippen LogP contribution is 2.36. The number of halogens is 1. The van der Waals surface area contributed by atoms with Crippen molar-refractivity contribution in [2.24, 2.45) is 0 Å². The van der Waals surface area contributed by atoms with Crippen molar-refractivity contribution >= 4 is 23.4 Å². The fraction of sp³-hybridized carbons (Fsp3) is 0.556. The minimum Gasteiger partial charge on any atom is -0.493 e. The smallest absolute Gasteiger partial charge is 0.254 e. The lowest BCUT2D eigenvalue weighted by Crippen LogP contribution is -2.51. The van der Waals surface area contributed by atoms with Crippen LogP contribution in [0.15, 0.2) is 12.1 Å². The van der Waals surface area contributed by atoms with Gasteiger partial charge in [0, 0.05) is 38.3 Å². The van der Waals surface area contributed by atoms with E-state index in [1.165, 1.54) is 7.11 Å². The molecule has 1 heterocycles. The van der Waals surface area contributed by atoms with Crippen molar-refractivity contribution in [2.75, 3.05) is 53.0 Å². The molecule has 2 rings (SSSR count). The zero-order valence-electron chi connectivity index (χ0n) is 15.5. The number of hydrogen-bond acceptors (Lipinski definition) is 5. The lowest BCUT2D eigenvalue weighted by atomic mass is 10.1. The van der Waals surface area contributed by atoms with Crippen molar-refractivity contribution in [1.82, 2.24) is 15.1 Å². The summed E-state index contributed by atoms with van der Waals surface area (Å²) in [6.07, 6.45) is 0. The predicted octanol–water partition coefficient (Wildman–Crippen LogP) is 1.64. The highest BCUT2D eigenvalue weighted by atomic mass is 35.5. The Kier molecular flexibility index (Phi) is 7.53. The molecule has 0 radical (unpaired) electrons. The number of nitrogens with zero attached hydrogens (tertiary/aromatic N) is 2. The fourth-order valence-electron chi connectivity index (χ4n) is 2.88. The average Bonchev–Trinajstić information content (AvgIpc) is 2.63. The summed E-state index contributed by atoms with van der Waals surface area (Å²) in [6.45, 7) is 7.62. The second-order valence-corrected chi connectivity index (χ2v) is 6.35. The number of piperazine rings is 1. The number of hydrogen-bond donors (Lipinski definition) is 1. The van der Waals surface area contributed by atoms with Crippen LogP contribution in [0.2, 0.25) is 5.02 Å². The van der Waals surface area contributed by atoms with Gasteiger partial charge in [-0.05, 0) is 26.0 Å². The lowest BCUT2D eigenvalue weighted by molar-refractivity contribution is -0.122. The molecule has 2 amide bonds. The van der Waals surface area contributed by atoms with Crippen molar-refractivity contribution in [3.63, 3.8) is 0 Å². The van der Waals surface area contributed by atoms with E-state index in [1.807, 2.05) is 18.7 Å². The summed E-state index contributed by atoms with van der Waals surface area (Å²) in [5, 5.41) is 3.14. The van der Waals surface area contributed by atoms with Gasteiger partial charge in [-0.1, -0.05) is 11.6 Å². The van der Waals surface area contributed by atoms with E-state index in [-0.39, 0.29) is 11.8 Å². The van der Waals surface area contributed by atoms with Gasteiger partial charge in [-0.3, -0.25) is 14.5 Å². The molecule has 0 aromatic heterocycles. The van der Waals surface area contributed by atoms with Gasteiger partial charge in [-0.2, -0.15) is 0 Å². The Morgan fingerprint density at radius 1 is 1.19 bits per heavy atom. The van der Waals surface area contributed by atoms with Crippen LogP contribution < -0.4 is 14.8 Å². The monoisotopic (exact) mass is 383 g/mol. The standard InChI is InChI=1S/C18H26ClN3O4/c1-4-20-16(23)12-21-6-8-22(9-7-21)18(24)13-10-14(19)17(26-5-2)15(11-13)25-3/h10-11H,4-9,12H2,1-3H3,(H,20,23). The highest BCUT2D eigenvalue weighted by Gasteiger charge is 2.25. The van der Waals surface area contributed by atoms with Gasteiger partial charge in [0.1, 0.15) is 0 Å². The summed E-state index contributed by atoms with van der Waals surface area (Å²) < 4.78 is 10.8. The number of rotatable bonds is 7. The van der Waals surface area contributed by atoms with Crippen LogP contribution in [0.3, 0.4) is 0 Å². The number of carbonyl (C=O) groups excluding carboxylic acids is 2. The molecular formula is C18H26ClN3O4. The molecule has 1 saturated heterocycles. The Labute approximate surface area is 159 Å². The number of amides is 2. The molecule has 26 heavy (non-hydrogen) atoms. The molecule has 1 aromatic carbocycles. The molecule has 1 aliphatic heterocycles. The molecule has 1 N–H and O–H groups in total. The largest absolute Gasteiger partial charge is 0.493 e. The van der Waals surface area contributed by atoms with E-state index >= 15 is 0 Å². The van der Waals surface area contributed by atoms with Crippen LogP contribution in [0, 0.1) is 0 Å². The number of carbonyl (C=O) groups is 2. The van der Waals surface area contributed by atoms with E-state index in [9.17, 15) is 9.59 Å². The van der Waals surface area contributed by atoms with E-state index in [2.05, 4.69) is 5.32 Å². The van der Waals surface area contributed by atoms with Crippen LogP contribution in [-0.4, -0.2) is 74.6 Å². The number of nitrogens with one attached hydrogen (secondary N) is 1. The summed E-state index contributed by atoms with van der Waals surface area (Å²) in [4.78, 5) is 28.3. The van der Waals surface area contributed by atoms with Crippen LogP contribution >= 0.6 is 11.6 Å². The van der Waals surface area contributed by atoms with Crippen molar-refractivity contribution in [3.05, 3.63) is 22.7 Å². The molecule has 0 atom stereocenters. The maximum Gasteiger partial charge on any atom is 0.254 e. The molecule has 144 valence electrons. The van der Waals surface area contributed by atoms with Crippen molar-refractivity contribution in [3.8, 4) is 11.5 Å². The summed E-state index contributed by atoms with van der Waals surface area (Å²) >= 11 is 6.26. The highest BCUT2D eigenvalue weighted by molar-refractivity contribution is 6.32. The first-order chi connectivity index (χ1) is 12.5. The van der Waals surface area contributed by atoms with Gasteiger partial charge < -0.3 is 19.7 Å². The summed E-state index contributed by atoms with van der Waals surface area (Å²) in [6, 6.07) is 3.26. The van der Waals surface area contributed by atoms with E-state index in [0.717, 1.165) is 0 Å². The topological polar surface area (TPSA) is 71.1 Å². The Morgan fingerprint density at radius 2 is 1.88 bits per heavy atom. The Morgan fingerprint density at radius 3 is 2.46 bits per heavy atom. The number of methoxy groups -OCH3 is 1. The zero-order chi connectivity index (χ0) is 19.1. The van der Waals surface area contributed by atoms with Crippen LogP contribution in [-0.2, 0) is 4.79 Å². The van der Waals surface area contributed by atoms with Gasteiger partial charge >= 0.3 is 0 Å². The van der Waals surface area contributed by atoms with Crippen LogP contribution in [0.25, 0.3) is 0 Å². The van der Waals surface area contributed by atoms with Gasteiger partial charge in [0.15, 0.2) is 11.5 Å². The van der Waals surface area contributed by atoms with Crippen molar-refractivity contribution in [2.45, 2.75) is 13.8 Å². The lowest BCUT2D eigenvalue weighted by Gasteiger charge is -2.34. The maximum atomic E-state index is 12.8. The van der Waals surface area contributed by atoms with E-state index < -0.39 is 0 Å². The fourth-order valence-corrected chi connectivity index (χ4v) is 3.14. The summed E-state index contributed by atoms with van der Waals surface area (Å²) in [5.74, 6) is 0.791. The minimum atomic E-state index is -0.106. The number of likely N-dealkylation sites (N-methyl/N-ethyl adjacent to an activating group) is 1. The zero-order valence-corrected chi connectivity index (χ0v) is 16.3. The molecule has 1 aliphatic rings. The Hall–Kier alpha value is -1.99. The number of benzene rings is 1. The van der Waals surface area contributed by atoms with Gasteiger partial charge in [0.2, 0.25) is 5.91 Å². The molecule has 0 bridgehead atoms. The molecule has 0 saturated carbocycles. The molecule has 1 aromatic rings. The molecule has 8 heteroatoms. The molecule has 0 unspecified atom stereocenters. The molecular weight excluding hydrogens is 358 g/mol. The van der Waals surface area contributed by atoms with Gasteiger partial charge in [0.05, 0.1) is 25.3 Å². The Balaban J connectivity index is 2.02. The summed E-state index contributed by atoms with van der Waals surface area (Å²) in [7, 11) is 1.52. The maximum absolute atomic E-state index is 12.8. The van der Waals surface area contributed by atoms with E-state index in [0.29, 0.717) is 68.0 Å². The van der Waals surface area contributed by atoms with Gasteiger partial charge in [-0.15, -0.1) is 0 Å². The molecule has 7 nitrogen and oxygen atoms in total. The first kappa shape index (κ1) is 20.3. The van der Waals surface area contributed by atoms with Crippen LogP contribution in [0.4, 0.5) is 0 Å². The van der Waals surface area contributed by atoms with Gasteiger partial charge in [0.25, 0.3) is 5.91 Å². The number of ether oxygens (including phenoxy) is 2. The average molecular weight is 384 g/mol. The molecule has 0 spiro atoms. The third kappa shape index (κ3) is 5.02. The van der Waals surface area contributed by atoms with Gasteiger partial charge in [-0.25, -0.2) is 0 Å². The third-order valence-electron chi connectivity index (χ3n) is 4.17. The van der Waals surface area contributed by atoms with E-state index in [1.54, 1.807) is 17.0 Å². The van der Waals surface area contributed by atoms with Crippen molar-refractivity contribution in [1.29, 1.82) is 0 Å². The summed E-state index contributed by atoms with van der Waals surface area (Å²) in [5.41, 5.74) is 0.465. The third-order valence-corrected chi connectivity index (χ3v) is 4.45. The molecule has 0 aliphatic carbocycles. The molecule has 1 fully saturated rings. The minimum absolute atomic E-state index is 0.00954. The second kappa shape index (κ2) is 9.64. The van der Waals surface area contributed by atoms with Crippen LogP contribution in [0.5, 0.6) is 11.5 Å². The van der Waals surface area contributed by atoms with Crippen LogP contribution in [0.1, 0.15) is 24.2 Å². The van der Waals surface area contributed by atoms with Crippen molar-refractivity contribution < 1.29 is 19.1 Å². The Bertz CT molecular complexity index is 646. The SMILES string of the molecule is CCNC(=O)CN1CCN(C(=O)c2cc(Cl)c(OCC)c(OC)c2)CC1. The predicted molar refractivity (Wildman–Crippen MR) is 100 cm³/mol. The quantitative estimate of drug-likeness (QED) is 0.775. The first-order valence-corrected chi connectivity index (χ1v) is 9.16. The van der Waals surface area contributed by atoms with E-state index in [4.69, 9.17) is 21.1 Å². The normalized spacial score (nSPS) is 14.8.